The molecule has 1 aromatic rings. The number of carbonyl (C=O) groups excluding carboxylic acids is 1. The summed E-state index contributed by atoms with van der Waals surface area (Å²) in [6, 6.07) is 1.69. The van der Waals surface area contributed by atoms with Crippen LogP contribution in [0.2, 0.25) is 0 Å². The predicted octanol–water partition coefficient (Wildman–Crippen LogP) is 3.03. The molecule has 1 aromatic heterocycles. The number of carbonyl (C=O) groups is 1. The maximum absolute atomic E-state index is 12.4. The van der Waals surface area contributed by atoms with E-state index in [0.29, 0.717) is 11.5 Å². The average molecular weight is 279 g/mol. The summed E-state index contributed by atoms with van der Waals surface area (Å²) < 4.78 is 42.7. The number of halogens is 3. The number of hydrogen-bond acceptors (Lipinski definition) is 3. The van der Waals surface area contributed by atoms with E-state index in [1.54, 1.807) is 13.0 Å². The lowest BCUT2D eigenvalue weighted by Crippen LogP contribution is -2.36. The highest BCUT2D eigenvalue weighted by atomic mass is 32.2. The summed E-state index contributed by atoms with van der Waals surface area (Å²) in [5.41, 5.74) is 0.872. The molecule has 18 heavy (non-hydrogen) atoms. The van der Waals surface area contributed by atoms with Crippen LogP contribution in [0.25, 0.3) is 0 Å². The fourth-order valence-corrected chi connectivity index (χ4v) is 2.90. The van der Waals surface area contributed by atoms with Crippen LogP contribution in [-0.2, 0) is 4.79 Å². The zero-order chi connectivity index (χ0) is 13.5. The molecule has 100 valence electrons. The van der Waals surface area contributed by atoms with E-state index in [1.807, 2.05) is 6.92 Å². The van der Waals surface area contributed by atoms with Crippen molar-refractivity contribution >= 4 is 17.7 Å². The van der Waals surface area contributed by atoms with Crippen LogP contribution in [0.5, 0.6) is 0 Å². The normalized spacial score (nSPS) is 20.8. The maximum atomic E-state index is 12.4. The lowest BCUT2D eigenvalue weighted by atomic mass is 10.3. The fraction of sp³-hybridized carbons (Fsp3) is 0.545. The van der Waals surface area contributed by atoms with Crippen molar-refractivity contribution in [3.63, 3.8) is 0 Å². The highest BCUT2D eigenvalue weighted by Gasteiger charge is 2.42. The van der Waals surface area contributed by atoms with Gasteiger partial charge in [0.1, 0.15) is 23.4 Å². The van der Waals surface area contributed by atoms with E-state index in [-0.39, 0.29) is 5.75 Å². The molecule has 0 aromatic carbocycles. The summed E-state index contributed by atoms with van der Waals surface area (Å²) in [5, 5.41) is -0.675. The number of amides is 1. The summed E-state index contributed by atoms with van der Waals surface area (Å²) in [5.74, 6) is 0.621. The number of aryl methyl sites for hydroxylation is 2. The van der Waals surface area contributed by atoms with Crippen LogP contribution < -0.4 is 0 Å². The standard InChI is InChI=1S/C11H12F3NO2S/c1-6-3-8(17-7(6)2)10-15(5-11(12,13)14)9(16)4-18-10/h3,10H,4-5H2,1-2H3. The minimum atomic E-state index is -4.39. The zero-order valence-electron chi connectivity index (χ0n) is 9.87. The van der Waals surface area contributed by atoms with Crippen LogP contribution in [0.4, 0.5) is 13.2 Å². The van der Waals surface area contributed by atoms with Gasteiger partial charge >= 0.3 is 6.18 Å². The van der Waals surface area contributed by atoms with Gasteiger partial charge in [-0.2, -0.15) is 13.2 Å². The molecule has 0 bridgehead atoms. The number of nitrogens with zero attached hydrogens (tertiary/aromatic N) is 1. The van der Waals surface area contributed by atoms with Crippen molar-refractivity contribution in [3.8, 4) is 0 Å². The molecule has 1 saturated heterocycles. The molecule has 0 saturated carbocycles. The second-order valence-electron chi connectivity index (χ2n) is 4.19. The Morgan fingerprint density at radius 1 is 1.50 bits per heavy atom. The highest BCUT2D eigenvalue weighted by molar-refractivity contribution is 8.00. The predicted molar refractivity (Wildman–Crippen MR) is 61.1 cm³/mol. The maximum Gasteiger partial charge on any atom is 0.406 e. The SMILES string of the molecule is Cc1cc(C2SCC(=O)N2CC(F)(F)F)oc1C. The first kappa shape index (κ1) is 13.3. The van der Waals surface area contributed by atoms with Crippen molar-refractivity contribution < 1.29 is 22.4 Å². The summed E-state index contributed by atoms with van der Waals surface area (Å²) >= 11 is 1.16. The van der Waals surface area contributed by atoms with Crippen molar-refractivity contribution in [1.82, 2.24) is 4.90 Å². The number of furan rings is 1. The molecule has 0 radical (unpaired) electrons. The van der Waals surface area contributed by atoms with Crippen LogP contribution in [0, 0.1) is 13.8 Å². The van der Waals surface area contributed by atoms with E-state index in [4.69, 9.17) is 4.42 Å². The molecule has 1 aliphatic heterocycles. The fourth-order valence-electron chi connectivity index (χ4n) is 1.78. The molecule has 1 unspecified atom stereocenters. The van der Waals surface area contributed by atoms with Crippen molar-refractivity contribution in [2.24, 2.45) is 0 Å². The third-order valence-electron chi connectivity index (χ3n) is 2.75. The molecule has 0 aliphatic carbocycles. The molecular weight excluding hydrogens is 267 g/mol. The lowest BCUT2D eigenvalue weighted by molar-refractivity contribution is -0.160. The van der Waals surface area contributed by atoms with Crippen LogP contribution in [0.1, 0.15) is 22.5 Å². The molecule has 1 amide bonds. The first-order valence-electron chi connectivity index (χ1n) is 5.32. The zero-order valence-corrected chi connectivity index (χ0v) is 10.7. The first-order valence-corrected chi connectivity index (χ1v) is 6.37. The quantitative estimate of drug-likeness (QED) is 0.834. The highest BCUT2D eigenvalue weighted by Crippen LogP contribution is 2.41. The molecule has 0 N–H and O–H groups in total. The van der Waals surface area contributed by atoms with Crippen molar-refractivity contribution in [3.05, 3.63) is 23.2 Å². The van der Waals surface area contributed by atoms with E-state index in [1.165, 1.54) is 0 Å². The van der Waals surface area contributed by atoms with E-state index in [0.717, 1.165) is 22.2 Å². The molecule has 2 heterocycles. The topological polar surface area (TPSA) is 33.5 Å². The van der Waals surface area contributed by atoms with Gasteiger partial charge in [0.2, 0.25) is 5.91 Å². The number of alkyl halides is 3. The molecule has 1 fully saturated rings. The minimum absolute atomic E-state index is 0.0551. The lowest BCUT2D eigenvalue weighted by Gasteiger charge is -2.23. The number of thioether (sulfide) groups is 1. The van der Waals surface area contributed by atoms with Gasteiger partial charge in [-0.25, -0.2) is 0 Å². The van der Waals surface area contributed by atoms with Crippen molar-refractivity contribution in [2.45, 2.75) is 25.4 Å². The van der Waals surface area contributed by atoms with Gasteiger partial charge in [0.05, 0.1) is 5.75 Å². The summed E-state index contributed by atoms with van der Waals surface area (Å²) in [4.78, 5) is 12.3. The average Bonchev–Trinajstić information content (AvgIpc) is 2.72. The molecule has 0 spiro atoms. The van der Waals surface area contributed by atoms with Gasteiger partial charge in [-0.15, -0.1) is 11.8 Å². The minimum Gasteiger partial charge on any atom is -0.463 e. The van der Waals surface area contributed by atoms with Gasteiger partial charge < -0.3 is 9.32 Å². The van der Waals surface area contributed by atoms with E-state index in [2.05, 4.69) is 0 Å². The molecule has 1 atom stereocenters. The number of rotatable bonds is 2. The molecule has 2 rings (SSSR count). The van der Waals surface area contributed by atoms with Gasteiger partial charge in [0.25, 0.3) is 0 Å². The van der Waals surface area contributed by atoms with Crippen LogP contribution >= 0.6 is 11.8 Å². The largest absolute Gasteiger partial charge is 0.463 e. The third-order valence-corrected chi connectivity index (χ3v) is 3.96. The monoisotopic (exact) mass is 279 g/mol. The second kappa shape index (κ2) is 4.53. The van der Waals surface area contributed by atoms with Gasteiger partial charge in [-0.1, -0.05) is 0 Å². The van der Waals surface area contributed by atoms with Gasteiger partial charge in [0, 0.05) is 0 Å². The molecule has 7 heteroatoms. The van der Waals surface area contributed by atoms with Crippen LogP contribution in [0.3, 0.4) is 0 Å². The Balaban J connectivity index is 2.24. The Morgan fingerprint density at radius 3 is 2.67 bits per heavy atom. The van der Waals surface area contributed by atoms with Gasteiger partial charge in [-0.3, -0.25) is 4.79 Å². The van der Waals surface area contributed by atoms with E-state index < -0.39 is 24.0 Å². The summed E-state index contributed by atoms with van der Waals surface area (Å²) in [7, 11) is 0. The summed E-state index contributed by atoms with van der Waals surface area (Å²) in [6.07, 6.45) is -4.39. The first-order chi connectivity index (χ1) is 8.28. The summed E-state index contributed by atoms with van der Waals surface area (Å²) in [6.45, 7) is 2.33. The Kier molecular flexibility index (Phi) is 3.35. The third kappa shape index (κ3) is 2.66. The number of hydrogen-bond donors (Lipinski definition) is 0. The Labute approximate surface area is 106 Å². The second-order valence-corrected chi connectivity index (χ2v) is 5.26. The molecule has 3 nitrogen and oxygen atoms in total. The van der Waals surface area contributed by atoms with Gasteiger partial charge in [0.15, 0.2) is 0 Å². The van der Waals surface area contributed by atoms with E-state index in [9.17, 15) is 18.0 Å². The Bertz CT molecular complexity index is 450. The smallest absolute Gasteiger partial charge is 0.406 e. The van der Waals surface area contributed by atoms with Crippen LogP contribution in [0.15, 0.2) is 10.5 Å². The van der Waals surface area contributed by atoms with Gasteiger partial charge in [-0.05, 0) is 25.5 Å². The van der Waals surface area contributed by atoms with Crippen molar-refractivity contribution in [1.29, 1.82) is 0 Å². The molecule has 1 aliphatic rings. The van der Waals surface area contributed by atoms with E-state index >= 15 is 0 Å². The Morgan fingerprint density at radius 2 is 2.17 bits per heavy atom. The van der Waals surface area contributed by atoms with Crippen LogP contribution in [-0.4, -0.2) is 29.3 Å². The Hall–Kier alpha value is -1.11. The molecular formula is C11H12F3NO2S. The van der Waals surface area contributed by atoms with Crippen molar-refractivity contribution in [2.75, 3.05) is 12.3 Å².